The molecule has 0 amide bonds. The fourth-order valence-corrected chi connectivity index (χ4v) is 3.55. The molecule has 0 fully saturated rings. The predicted molar refractivity (Wildman–Crippen MR) is 97.8 cm³/mol. The fraction of sp³-hybridized carbons (Fsp3) is 0.136. The van der Waals surface area contributed by atoms with Crippen LogP contribution in [0, 0.1) is 6.92 Å². The van der Waals surface area contributed by atoms with Crippen LogP contribution < -0.4 is 4.57 Å². The summed E-state index contributed by atoms with van der Waals surface area (Å²) in [6.45, 7) is 2.05. The molecule has 1 nitrogen and oxygen atoms in total. The van der Waals surface area contributed by atoms with Gasteiger partial charge in [0.2, 0.25) is 11.2 Å². The maximum Gasteiger partial charge on any atom is 0.416 e. The van der Waals surface area contributed by atoms with Crippen LogP contribution in [0.1, 0.15) is 11.1 Å². The first-order valence-corrected chi connectivity index (χ1v) is 8.35. The topological polar surface area (TPSA) is 3.88 Å². The molecule has 4 heteroatoms. The number of aryl methyl sites for hydroxylation is 2. The molecule has 4 rings (SSSR count). The molecule has 0 aliphatic heterocycles. The first-order valence-electron chi connectivity index (χ1n) is 8.35. The maximum atomic E-state index is 13.0. The zero-order chi connectivity index (χ0) is 18.5. The van der Waals surface area contributed by atoms with Crippen molar-refractivity contribution in [3.05, 3.63) is 77.9 Å². The van der Waals surface area contributed by atoms with E-state index in [2.05, 4.69) is 31.2 Å². The largest absolute Gasteiger partial charge is 0.416 e. The van der Waals surface area contributed by atoms with Gasteiger partial charge in [0.1, 0.15) is 7.05 Å². The molecule has 0 radical (unpaired) electrons. The van der Waals surface area contributed by atoms with Crippen molar-refractivity contribution in [3.63, 3.8) is 0 Å². The molecule has 1 aromatic heterocycles. The summed E-state index contributed by atoms with van der Waals surface area (Å²) in [4.78, 5) is 0. The molecular weight excluding hydrogens is 335 g/mol. The summed E-state index contributed by atoms with van der Waals surface area (Å²) < 4.78 is 40.9. The van der Waals surface area contributed by atoms with E-state index in [4.69, 9.17) is 0 Å². The van der Waals surface area contributed by atoms with Gasteiger partial charge in [-0.25, -0.2) is 0 Å². The molecule has 0 saturated carbocycles. The minimum Gasteiger partial charge on any atom is -0.194 e. The van der Waals surface area contributed by atoms with Crippen LogP contribution in [0.4, 0.5) is 13.2 Å². The van der Waals surface area contributed by atoms with E-state index in [0.29, 0.717) is 5.39 Å². The Kier molecular flexibility index (Phi) is 3.72. The number of halogens is 3. The van der Waals surface area contributed by atoms with Crippen LogP contribution in [-0.4, -0.2) is 0 Å². The SMILES string of the molecule is Cc1ccc2ccccc2c1-c1ccc2cc(C(F)(F)F)ccc2[n+]1C. The van der Waals surface area contributed by atoms with Gasteiger partial charge in [-0.15, -0.1) is 0 Å². The van der Waals surface area contributed by atoms with Crippen molar-refractivity contribution in [1.29, 1.82) is 0 Å². The van der Waals surface area contributed by atoms with Crippen LogP contribution in [0.2, 0.25) is 0 Å². The van der Waals surface area contributed by atoms with Crippen molar-refractivity contribution in [2.75, 3.05) is 0 Å². The standard InChI is InChI=1S/C22H17F3N/c1-14-7-8-15-5-3-4-6-18(15)21(14)20-11-9-16-13-17(22(23,24)25)10-12-19(16)26(20)2/h3-13H,1-2H3/q+1. The number of fused-ring (bicyclic) bond motifs is 2. The molecule has 0 bridgehead atoms. The van der Waals surface area contributed by atoms with E-state index in [9.17, 15) is 13.2 Å². The molecule has 0 unspecified atom stereocenters. The highest BCUT2D eigenvalue weighted by molar-refractivity contribution is 5.97. The fourth-order valence-electron chi connectivity index (χ4n) is 3.55. The summed E-state index contributed by atoms with van der Waals surface area (Å²) in [7, 11) is 1.89. The molecule has 0 aliphatic rings. The molecule has 0 atom stereocenters. The van der Waals surface area contributed by atoms with Crippen LogP contribution in [0.3, 0.4) is 0 Å². The van der Waals surface area contributed by atoms with Gasteiger partial charge in [0.05, 0.1) is 11.1 Å². The van der Waals surface area contributed by atoms with Crippen molar-refractivity contribution in [1.82, 2.24) is 0 Å². The van der Waals surface area contributed by atoms with E-state index in [0.717, 1.165) is 39.2 Å². The minimum atomic E-state index is -4.34. The Morgan fingerprint density at radius 3 is 2.31 bits per heavy atom. The first-order chi connectivity index (χ1) is 12.4. The number of nitrogens with zero attached hydrogens (tertiary/aromatic N) is 1. The lowest BCUT2D eigenvalue weighted by atomic mass is 9.96. The summed E-state index contributed by atoms with van der Waals surface area (Å²) in [5.74, 6) is 0. The lowest BCUT2D eigenvalue weighted by Gasteiger charge is -2.11. The Hall–Kier alpha value is -2.88. The average molecular weight is 352 g/mol. The van der Waals surface area contributed by atoms with Gasteiger partial charge >= 0.3 is 6.18 Å². The van der Waals surface area contributed by atoms with Gasteiger partial charge in [-0.3, -0.25) is 0 Å². The van der Waals surface area contributed by atoms with Gasteiger partial charge in [-0.1, -0.05) is 36.4 Å². The molecule has 4 aromatic rings. The van der Waals surface area contributed by atoms with E-state index in [1.54, 1.807) is 12.1 Å². The molecule has 0 spiro atoms. The normalized spacial score (nSPS) is 12.0. The second-order valence-corrected chi connectivity index (χ2v) is 6.53. The number of pyridine rings is 1. The van der Waals surface area contributed by atoms with Crippen LogP contribution in [0.25, 0.3) is 32.9 Å². The maximum absolute atomic E-state index is 13.0. The van der Waals surface area contributed by atoms with Gasteiger partial charge in [-0.05, 0) is 41.5 Å². The molecular formula is C22H17F3N+. The first kappa shape index (κ1) is 16.6. The number of alkyl halides is 3. The van der Waals surface area contributed by atoms with Crippen molar-refractivity contribution in [3.8, 4) is 11.3 Å². The van der Waals surface area contributed by atoms with Crippen LogP contribution in [-0.2, 0) is 13.2 Å². The van der Waals surface area contributed by atoms with E-state index in [1.165, 1.54) is 6.07 Å². The predicted octanol–water partition coefficient (Wildman–Crippen LogP) is 5.81. The van der Waals surface area contributed by atoms with Crippen LogP contribution >= 0.6 is 0 Å². The number of hydrogen-bond acceptors (Lipinski definition) is 0. The third-order valence-corrected chi connectivity index (χ3v) is 4.89. The molecule has 130 valence electrons. The lowest BCUT2D eigenvalue weighted by Crippen LogP contribution is -2.32. The van der Waals surface area contributed by atoms with E-state index < -0.39 is 11.7 Å². The Morgan fingerprint density at radius 2 is 1.54 bits per heavy atom. The number of hydrogen-bond donors (Lipinski definition) is 0. The quantitative estimate of drug-likeness (QED) is 0.381. The molecule has 0 aliphatic carbocycles. The monoisotopic (exact) mass is 352 g/mol. The Balaban J connectivity index is 2.00. The highest BCUT2D eigenvalue weighted by Crippen LogP contribution is 2.33. The third kappa shape index (κ3) is 2.62. The molecule has 26 heavy (non-hydrogen) atoms. The van der Waals surface area contributed by atoms with Crippen molar-refractivity contribution >= 4 is 21.7 Å². The molecule has 3 aromatic carbocycles. The van der Waals surface area contributed by atoms with E-state index in [-0.39, 0.29) is 0 Å². The average Bonchev–Trinajstić information content (AvgIpc) is 2.62. The number of benzene rings is 3. The summed E-state index contributed by atoms with van der Waals surface area (Å²) in [6, 6.07) is 19.9. The van der Waals surface area contributed by atoms with Crippen molar-refractivity contribution in [2.24, 2.45) is 7.05 Å². The van der Waals surface area contributed by atoms with Crippen molar-refractivity contribution in [2.45, 2.75) is 13.1 Å². The summed E-state index contributed by atoms with van der Waals surface area (Å²) in [5.41, 5.74) is 3.35. The number of rotatable bonds is 1. The van der Waals surface area contributed by atoms with E-state index in [1.807, 2.05) is 29.8 Å². The highest BCUT2D eigenvalue weighted by Gasteiger charge is 2.31. The van der Waals surface area contributed by atoms with Gasteiger partial charge in [0.15, 0.2) is 0 Å². The van der Waals surface area contributed by atoms with Gasteiger partial charge < -0.3 is 0 Å². The second kappa shape index (κ2) is 5.84. The smallest absolute Gasteiger partial charge is 0.194 e. The highest BCUT2D eigenvalue weighted by atomic mass is 19.4. The van der Waals surface area contributed by atoms with Crippen LogP contribution in [0.5, 0.6) is 0 Å². The van der Waals surface area contributed by atoms with Crippen molar-refractivity contribution < 1.29 is 17.7 Å². The lowest BCUT2D eigenvalue weighted by molar-refractivity contribution is -0.633. The Morgan fingerprint density at radius 1 is 0.808 bits per heavy atom. The Labute approximate surface area is 149 Å². The zero-order valence-corrected chi connectivity index (χ0v) is 14.4. The van der Waals surface area contributed by atoms with Gasteiger partial charge in [0.25, 0.3) is 0 Å². The summed E-state index contributed by atoms with van der Waals surface area (Å²) >= 11 is 0. The van der Waals surface area contributed by atoms with Gasteiger partial charge in [0, 0.05) is 17.5 Å². The summed E-state index contributed by atoms with van der Waals surface area (Å²) in [6.07, 6.45) is -4.34. The molecule has 1 heterocycles. The number of aromatic nitrogens is 1. The minimum absolute atomic E-state index is 0.573. The zero-order valence-electron chi connectivity index (χ0n) is 14.4. The Bertz CT molecular complexity index is 1140. The third-order valence-electron chi connectivity index (χ3n) is 4.89. The second-order valence-electron chi connectivity index (χ2n) is 6.53. The summed E-state index contributed by atoms with van der Waals surface area (Å²) in [5, 5.41) is 2.85. The molecule has 0 saturated heterocycles. The van der Waals surface area contributed by atoms with Crippen LogP contribution in [0.15, 0.2) is 66.7 Å². The molecule has 0 N–H and O–H groups in total. The van der Waals surface area contributed by atoms with Gasteiger partial charge in [-0.2, -0.15) is 17.7 Å². The van der Waals surface area contributed by atoms with E-state index >= 15 is 0 Å².